The molecule has 3 heterocycles. The van der Waals surface area contributed by atoms with E-state index in [1.807, 2.05) is 45.9 Å². The number of aromatic nitrogens is 2. The predicted molar refractivity (Wildman–Crippen MR) is 211 cm³/mol. The number of allylic oxidation sites excluding steroid dienone is 3. The van der Waals surface area contributed by atoms with E-state index in [9.17, 15) is 23.1 Å². The number of carbonyl (C=O) groups is 2. The normalized spacial score (nSPS) is 25.4. The maximum atomic E-state index is 12.9. The Morgan fingerprint density at radius 2 is 1.74 bits per heavy atom. The van der Waals surface area contributed by atoms with Gasteiger partial charge >= 0.3 is 11.9 Å². The third kappa shape index (κ3) is 10.3. The number of aliphatic hydroxyl groups excluding tert-OH is 1. The van der Waals surface area contributed by atoms with Crippen molar-refractivity contribution in [3.63, 3.8) is 0 Å². The summed E-state index contributed by atoms with van der Waals surface area (Å²) in [6, 6.07) is 12.4. The van der Waals surface area contributed by atoms with Crippen molar-refractivity contribution in [1.82, 2.24) is 9.97 Å². The summed E-state index contributed by atoms with van der Waals surface area (Å²) in [4.78, 5) is 33.6. The highest BCUT2D eigenvalue weighted by Gasteiger charge is 2.43. The number of esters is 2. The summed E-state index contributed by atoms with van der Waals surface area (Å²) in [5.74, 6) is 0.776. The van der Waals surface area contributed by atoms with Gasteiger partial charge in [0.2, 0.25) is 0 Å². The Morgan fingerprint density at radius 1 is 1.04 bits per heavy atom. The van der Waals surface area contributed by atoms with Gasteiger partial charge in [-0.05, 0) is 106 Å². The molecule has 1 aromatic carbocycles. The first-order valence-corrected chi connectivity index (χ1v) is 21.1. The molecule has 0 spiro atoms. The topological polar surface area (TPSA) is 133 Å². The molecule has 0 saturated carbocycles. The second kappa shape index (κ2) is 17.3. The fourth-order valence-corrected chi connectivity index (χ4v) is 8.25. The van der Waals surface area contributed by atoms with E-state index >= 15 is 0 Å². The van der Waals surface area contributed by atoms with Crippen LogP contribution >= 0.6 is 11.6 Å². The van der Waals surface area contributed by atoms with E-state index in [0.717, 1.165) is 53.8 Å². The summed E-state index contributed by atoms with van der Waals surface area (Å²) in [6.45, 7) is 12.2. The van der Waals surface area contributed by atoms with Gasteiger partial charge in [0.15, 0.2) is 9.84 Å². The SMILES string of the molecule is CCC(C)(C)C(=O)O[C@H]1C[C@@H](C)C=C2C=C[C@H](C)[C@H](CC[C@@H]3C[C@@H](O)CC(=O)O3)[C@H]21.Cc1ccc(-c2ncc(Cl)cc2-c2ccc(S(C)(=O)=O)cc2)cn1. The van der Waals surface area contributed by atoms with Crippen LogP contribution in [0.5, 0.6) is 0 Å². The van der Waals surface area contributed by atoms with Crippen LogP contribution in [-0.4, -0.2) is 60.0 Å². The molecular formula is C43H53ClN2O7S. The first-order valence-electron chi connectivity index (χ1n) is 18.8. The van der Waals surface area contributed by atoms with E-state index in [2.05, 4.69) is 42.0 Å². The number of ether oxygens (including phenoxy) is 2. The monoisotopic (exact) mass is 776 g/mol. The van der Waals surface area contributed by atoms with E-state index in [1.165, 1.54) is 11.8 Å². The minimum absolute atomic E-state index is 0.0949. The largest absolute Gasteiger partial charge is 0.462 e. The van der Waals surface area contributed by atoms with E-state index in [0.29, 0.717) is 29.2 Å². The van der Waals surface area contributed by atoms with Gasteiger partial charge in [0.1, 0.15) is 12.2 Å². The van der Waals surface area contributed by atoms with Crippen LogP contribution in [0.15, 0.2) is 83.6 Å². The molecule has 1 aliphatic heterocycles. The molecule has 0 bridgehead atoms. The van der Waals surface area contributed by atoms with Crippen LogP contribution < -0.4 is 0 Å². The summed E-state index contributed by atoms with van der Waals surface area (Å²) < 4.78 is 34.8. The van der Waals surface area contributed by atoms with Gasteiger partial charge in [0.05, 0.1) is 33.6 Å². The summed E-state index contributed by atoms with van der Waals surface area (Å²) >= 11 is 6.11. The van der Waals surface area contributed by atoms with Crippen LogP contribution in [0, 0.1) is 36.0 Å². The number of hydrogen-bond donors (Lipinski definition) is 1. The van der Waals surface area contributed by atoms with Crippen LogP contribution in [0.4, 0.5) is 0 Å². The quantitative estimate of drug-likeness (QED) is 0.212. The Morgan fingerprint density at radius 3 is 2.37 bits per heavy atom. The minimum Gasteiger partial charge on any atom is -0.462 e. The average molecular weight is 777 g/mol. The number of nitrogens with zero attached hydrogens (tertiary/aromatic N) is 2. The summed E-state index contributed by atoms with van der Waals surface area (Å²) in [7, 11) is -3.23. The third-order valence-electron chi connectivity index (χ3n) is 11.0. The first kappa shape index (κ1) is 41.3. The van der Waals surface area contributed by atoms with Crippen LogP contribution in [0.3, 0.4) is 0 Å². The molecule has 11 heteroatoms. The molecule has 1 saturated heterocycles. The smallest absolute Gasteiger partial charge is 0.311 e. The van der Waals surface area contributed by atoms with Crippen LogP contribution in [0.2, 0.25) is 5.02 Å². The fourth-order valence-electron chi connectivity index (χ4n) is 7.46. The van der Waals surface area contributed by atoms with Gasteiger partial charge in [-0.3, -0.25) is 19.6 Å². The van der Waals surface area contributed by atoms with E-state index in [1.54, 1.807) is 36.7 Å². The van der Waals surface area contributed by atoms with Crippen LogP contribution in [-0.2, 0) is 28.9 Å². The molecule has 6 rings (SSSR count). The number of carbonyl (C=O) groups excluding carboxylic acids is 2. The number of aryl methyl sites for hydroxylation is 1. The molecule has 2 aromatic heterocycles. The molecule has 9 nitrogen and oxygen atoms in total. The first-order chi connectivity index (χ1) is 25.4. The molecule has 0 radical (unpaired) electrons. The molecule has 290 valence electrons. The number of hydrogen-bond acceptors (Lipinski definition) is 9. The number of cyclic esters (lactones) is 1. The standard InChI is InChI=1S/C25H38O5.C18H15ClN2O2S/c1-6-25(4,5)24(28)30-21-12-15(2)11-17-8-7-16(3)20(23(17)21)10-9-19-13-18(26)14-22(27)29-19;1-12-3-4-14(10-20-12)18-17(9-15(19)11-21-18)13-5-7-16(8-6-13)24(2,22)23/h7-8,11,15-16,18-21,23,26H,6,9-10,12-14H2,1-5H3;3-11H,1-2H3/t15-,16-,18+,19+,20-,21-,23-;/m0./s1. The molecular weight excluding hydrogens is 724 g/mol. The number of fused-ring (bicyclic) bond motifs is 1. The molecule has 2 aliphatic carbocycles. The highest BCUT2D eigenvalue weighted by atomic mass is 35.5. The van der Waals surface area contributed by atoms with Crippen molar-refractivity contribution in [2.75, 3.05) is 6.26 Å². The van der Waals surface area contributed by atoms with Crippen LogP contribution in [0.1, 0.15) is 78.8 Å². The lowest BCUT2D eigenvalue weighted by atomic mass is 9.65. The fraction of sp³-hybridized carbons (Fsp3) is 0.488. The van der Waals surface area contributed by atoms with E-state index in [4.69, 9.17) is 21.1 Å². The maximum absolute atomic E-state index is 12.9. The lowest BCUT2D eigenvalue weighted by Gasteiger charge is -2.44. The zero-order chi connectivity index (χ0) is 39.4. The average Bonchev–Trinajstić information content (AvgIpc) is 3.11. The highest BCUT2D eigenvalue weighted by molar-refractivity contribution is 7.90. The second-order valence-corrected chi connectivity index (χ2v) is 18.2. The summed E-state index contributed by atoms with van der Waals surface area (Å²) in [6.07, 6.45) is 14.2. The molecule has 3 aliphatic rings. The Labute approximate surface area is 325 Å². The Bertz CT molecular complexity index is 1980. The van der Waals surface area contributed by atoms with Crippen molar-refractivity contribution in [2.45, 2.75) is 103 Å². The number of pyridine rings is 2. The Balaban J connectivity index is 0.000000213. The number of sulfone groups is 1. The molecule has 7 atom stereocenters. The highest BCUT2D eigenvalue weighted by Crippen LogP contribution is 2.46. The zero-order valence-corrected chi connectivity index (χ0v) is 33.9. The van der Waals surface area contributed by atoms with E-state index in [-0.39, 0.29) is 41.4 Å². The number of rotatable bonds is 9. The third-order valence-corrected chi connectivity index (χ3v) is 12.3. The van der Waals surface area contributed by atoms with Crippen molar-refractivity contribution < 1.29 is 32.6 Å². The Hall–Kier alpha value is -3.86. The minimum atomic E-state index is -3.23. The van der Waals surface area contributed by atoms with Gasteiger partial charge in [-0.1, -0.05) is 62.7 Å². The zero-order valence-electron chi connectivity index (χ0n) is 32.3. The maximum Gasteiger partial charge on any atom is 0.311 e. The van der Waals surface area contributed by atoms with Crippen molar-refractivity contribution in [1.29, 1.82) is 0 Å². The molecule has 3 aromatic rings. The molecule has 1 N–H and O–H groups in total. The lowest BCUT2D eigenvalue weighted by molar-refractivity contribution is -0.166. The molecule has 54 heavy (non-hydrogen) atoms. The van der Waals surface area contributed by atoms with Crippen molar-refractivity contribution in [3.8, 4) is 22.4 Å². The predicted octanol–water partition coefficient (Wildman–Crippen LogP) is 8.76. The van der Waals surface area contributed by atoms with Crippen molar-refractivity contribution in [3.05, 3.63) is 89.4 Å². The number of halogens is 1. The van der Waals surface area contributed by atoms with Gasteiger partial charge in [0, 0.05) is 47.8 Å². The van der Waals surface area contributed by atoms with Crippen LogP contribution in [0.25, 0.3) is 22.4 Å². The van der Waals surface area contributed by atoms with Gasteiger partial charge in [-0.25, -0.2) is 8.42 Å². The molecule has 1 fully saturated rings. The summed E-state index contributed by atoms with van der Waals surface area (Å²) in [5, 5.41) is 10.4. The van der Waals surface area contributed by atoms with Gasteiger partial charge in [0.25, 0.3) is 0 Å². The molecule has 0 amide bonds. The number of benzene rings is 1. The van der Waals surface area contributed by atoms with Gasteiger partial charge in [-0.2, -0.15) is 0 Å². The van der Waals surface area contributed by atoms with E-state index < -0.39 is 21.4 Å². The second-order valence-electron chi connectivity index (χ2n) is 15.8. The Kier molecular flexibility index (Phi) is 13.2. The molecule has 0 unspecified atom stereocenters. The number of aliphatic hydroxyl groups is 1. The van der Waals surface area contributed by atoms with Crippen molar-refractivity contribution >= 4 is 33.4 Å². The van der Waals surface area contributed by atoms with Crippen molar-refractivity contribution in [2.24, 2.45) is 29.1 Å². The lowest BCUT2D eigenvalue weighted by Crippen LogP contribution is -2.43. The summed E-state index contributed by atoms with van der Waals surface area (Å²) in [5.41, 5.74) is 5.00. The van der Waals surface area contributed by atoms with Gasteiger partial charge in [-0.15, -0.1) is 0 Å². The van der Waals surface area contributed by atoms with Gasteiger partial charge < -0.3 is 14.6 Å².